The van der Waals surface area contributed by atoms with Crippen LogP contribution in [0.3, 0.4) is 0 Å². The van der Waals surface area contributed by atoms with Crippen LogP contribution in [0.25, 0.3) is 0 Å². The fraction of sp³-hybridized carbons (Fsp3) is 0.833. The lowest BCUT2D eigenvalue weighted by Crippen LogP contribution is -2.48. The summed E-state index contributed by atoms with van der Waals surface area (Å²) in [6.45, 7) is 1.32. The Hall–Kier alpha value is -1.14. The van der Waals surface area contributed by atoms with E-state index < -0.39 is 6.04 Å². The standard InChI is InChI=1S/C12H20N2O4/c1-17-8-6-9(13-7-8)11(15)14-5-3-4-10(14)12(16)18-2/h8-10,13H,3-7H2,1-2H3. The molecule has 0 radical (unpaired) electrons. The van der Waals surface area contributed by atoms with E-state index in [0.717, 1.165) is 6.42 Å². The van der Waals surface area contributed by atoms with Gasteiger partial charge in [-0.15, -0.1) is 0 Å². The molecular formula is C12H20N2O4. The van der Waals surface area contributed by atoms with Crippen LogP contribution in [0.2, 0.25) is 0 Å². The zero-order valence-electron chi connectivity index (χ0n) is 10.8. The molecule has 2 heterocycles. The van der Waals surface area contributed by atoms with Gasteiger partial charge in [0.05, 0.1) is 19.3 Å². The van der Waals surface area contributed by atoms with Gasteiger partial charge >= 0.3 is 5.97 Å². The summed E-state index contributed by atoms with van der Waals surface area (Å²) in [5.74, 6) is -0.329. The quantitative estimate of drug-likeness (QED) is 0.691. The van der Waals surface area contributed by atoms with Crippen molar-refractivity contribution in [2.24, 2.45) is 0 Å². The number of methoxy groups -OCH3 is 2. The van der Waals surface area contributed by atoms with Crippen LogP contribution in [0.5, 0.6) is 0 Å². The van der Waals surface area contributed by atoms with Crippen molar-refractivity contribution in [3.63, 3.8) is 0 Å². The van der Waals surface area contributed by atoms with Gasteiger partial charge < -0.3 is 19.7 Å². The number of likely N-dealkylation sites (tertiary alicyclic amines) is 1. The Balaban J connectivity index is 1.98. The number of esters is 1. The summed E-state index contributed by atoms with van der Waals surface area (Å²) >= 11 is 0. The van der Waals surface area contributed by atoms with Gasteiger partial charge in [0.25, 0.3) is 0 Å². The molecule has 0 aliphatic carbocycles. The Labute approximate surface area is 107 Å². The molecular weight excluding hydrogens is 236 g/mol. The van der Waals surface area contributed by atoms with Crippen molar-refractivity contribution in [2.75, 3.05) is 27.3 Å². The van der Waals surface area contributed by atoms with Crippen LogP contribution in [0.15, 0.2) is 0 Å². The van der Waals surface area contributed by atoms with Crippen LogP contribution >= 0.6 is 0 Å². The number of carbonyl (C=O) groups is 2. The largest absolute Gasteiger partial charge is 0.467 e. The van der Waals surface area contributed by atoms with Gasteiger partial charge in [-0.25, -0.2) is 4.79 Å². The summed E-state index contributed by atoms with van der Waals surface area (Å²) in [5, 5.41) is 3.14. The zero-order valence-corrected chi connectivity index (χ0v) is 10.8. The first-order valence-electron chi connectivity index (χ1n) is 6.32. The lowest BCUT2D eigenvalue weighted by Gasteiger charge is -2.25. The van der Waals surface area contributed by atoms with Crippen LogP contribution in [-0.4, -0.2) is 62.3 Å². The number of ether oxygens (including phenoxy) is 2. The van der Waals surface area contributed by atoms with E-state index in [1.54, 1.807) is 12.0 Å². The van der Waals surface area contributed by atoms with E-state index in [1.807, 2.05) is 0 Å². The number of rotatable bonds is 3. The second-order valence-electron chi connectivity index (χ2n) is 4.77. The van der Waals surface area contributed by atoms with Crippen molar-refractivity contribution in [3.05, 3.63) is 0 Å². The number of hydrogen-bond acceptors (Lipinski definition) is 5. The lowest BCUT2D eigenvalue weighted by atomic mass is 10.1. The second kappa shape index (κ2) is 5.67. The maximum atomic E-state index is 12.3. The van der Waals surface area contributed by atoms with Gasteiger partial charge in [-0.05, 0) is 19.3 Å². The molecule has 102 valence electrons. The molecule has 3 atom stereocenters. The summed E-state index contributed by atoms with van der Waals surface area (Å²) < 4.78 is 9.97. The van der Waals surface area contributed by atoms with Crippen molar-refractivity contribution < 1.29 is 19.1 Å². The maximum absolute atomic E-state index is 12.3. The van der Waals surface area contributed by atoms with E-state index in [-0.39, 0.29) is 24.0 Å². The molecule has 2 fully saturated rings. The highest BCUT2D eigenvalue weighted by Gasteiger charge is 2.40. The van der Waals surface area contributed by atoms with Gasteiger partial charge in [-0.1, -0.05) is 0 Å². The molecule has 2 rings (SSSR count). The second-order valence-corrected chi connectivity index (χ2v) is 4.77. The monoisotopic (exact) mass is 256 g/mol. The highest BCUT2D eigenvalue weighted by molar-refractivity contribution is 5.88. The van der Waals surface area contributed by atoms with Gasteiger partial charge in [0.15, 0.2) is 0 Å². The minimum absolute atomic E-state index is 0.0116. The minimum atomic E-state index is -0.411. The first-order chi connectivity index (χ1) is 8.67. The van der Waals surface area contributed by atoms with Crippen molar-refractivity contribution in [1.29, 1.82) is 0 Å². The maximum Gasteiger partial charge on any atom is 0.328 e. The third-order valence-corrected chi connectivity index (χ3v) is 3.73. The third kappa shape index (κ3) is 2.49. The predicted octanol–water partition coefficient (Wildman–Crippen LogP) is -0.473. The molecule has 0 saturated carbocycles. The molecule has 2 aliphatic heterocycles. The Morgan fingerprint density at radius 2 is 2.11 bits per heavy atom. The van der Waals surface area contributed by atoms with Gasteiger partial charge in [-0.2, -0.15) is 0 Å². The number of nitrogens with one attached hydrogen (secondary N) is 1. The van der Waals surface area contributed by atoms with Crippen LogP contribution in [0, 0.1) is 0 Å². The molecule has 0 aromatic carbocycles. The third-order valence-electron chi connectivity index (χ3n) is 3.73. The van der Waals surface area contributed by atoms with Crippen molar-refractivity contribution in [2.45, 2.75) is 37.5 Å². The molecule has 0 bridgehead atoms. The lowest BCUT2D eigenvalue weighted by molar-refractivity contribution is -0.151. The van der Waals surface area contributed by atoms with E-state index in [0.29, 0.717) is 25.9 Å². The van der Waals surface area contributed by atoms with Gasteiger partial charge in [-0.3, -0.25) is 4.79 Å². The molecule has 1 amide bonds. The zero-order chi connectivity index (χ0) is 13.1. The summed E-state index contributed by atoms with van der Waals surface area (Å²) in [6.07, 6.45) is 2.29. The van der Waals surface area contributed by atoms with E-state index in [9.17, 15) is 9.59 Å². The van der Waals surface area contributed by atoms with Gasteiger partial charge in [0, 0.05) is 20.2 Å². The van der Waals surface area contributed by atoms with Crippen molar-refractivity contribution in [3.8, 4) is 0 Å². The Morgan fingerprint density at radius 3 is 2.72 bits per heavy atom. The Kier molecular flexibility index (Phi) is 4.19. The molecule has 6 heteroatoms. The smallest absolute Gasteiger partial charge is 0.328 e. The van der Waals surface area contributed by atoms with E-state index in [2.05, 4.69) is 5.32 Å². The summed E-state index contributed by atoms with van der Waals surface area (Å²) in [5.41, 5.74) is 0. The van der Waals surface area contributed by atoms with Gasteiger partial charge in [0.2, 0.25) is 5.91 Å². The highest BCUT2D eigenvalue weighted by Crippen LogP contribution is 2.22. The van der Waals surface area contributed by atoms with Crippen molar-refractivity contribution >= 4 is 11.9 Å². The fourth-order valence-electron chi connectivity index (χ4n) is 2.68. The normalized spacial score (nSPS) is 31.7. The first-order valence-corrected chi connectivity index (χ1v) is 6.32. The highest BCUT2D eigenvalue weighted by atomic mass is 16.5. The first kappa shape index (κ1) is 13.3. The number of hydrogen-bond donors (Lipinski definition) is 1. The molecule has 0 spiro atoms. The average molecular weight is 256 g/mol. The van der Waals surface area contributed by atoms with E-state index in [1.165, 1.54) is 7.11 Å². The molecule has 0 aromatic heterocycles. The minimum Gasteiger partial charge on any atom is -0.467 e. The van der Waals surface area contributed by atoms with E-state index in [4.69, 9.17) is 9.47 Å². The fourth-order valence-corrected chi connectivity index (χ4v) is 2.68. The molecule has 3 unspecified atom stereocenters. The molecule has 1 N–H and O–H groups in total. The summed E-state index contributed by atoms with van der Waals surface area (Å²) in [7, 11) is 3.00. The molecule has 2 saturated heterocycles. The van der Waals surface area contributed by atoms with Crippen LogP contribution < -0.4 is 5.32 Å². The molecule has 0 aromatic rings. The van der Waals surface area contributed by atoms with Crippen LogP contribution in [-0.2, 0) is 19.1 Å². The van der Waals surface area contributed by atoms with Crippen molar-refractivity contribution in [1.82, 2.24) is 10.2 Å². The molecule has 2 aliphatic rings. The SMILES string of the molecule is COC(=O)C1CCCN1C(=O)C1CC(OC)CN1. The molecule has 6 nitrogen and oxygen atoms in total. The number of amides is 1. The van der Waals surface area contributed by atoms with E-state index >= 15 is 0 Å². The Morgan fingerprint density at radius 1 is 1.33 bits per heavy atom. The number of carbonyl (C=O) groups excluding carboxylic acids is 2. The topological polar surface area (TPSA) is 67.9 Å². The van der Waals surface area contributed by atoms with Crippen LogP contribution in [0.4, 0.5) is 0 Å². The van der Waals surface area contributed by atoms with Crippen LogP contribution in [0.1, 0.15) is 19.3 Å². The summed E-state index contributed by atoms with van der Waals surface area (Å²) in [6, 6.07) is -0.647. The summed E-state index contributed by atoms with van der Waals surface area (Å²) in [4.78, 5) is 25.6. The Bertz CT molecular complexity index is 334. The predicted molar refractivity (Wildman–Crippen MR) is 64.0 cm³/mol. The average Bonchev–Trinajstić information content (AvgIpc) is 3.05. The number of nitrogens with zero attached hydrogens (tertiary/aromatic N) is 1. The molecule has 18 heavy (non-hydrogen) atoms. The van der Waals surface area contributed by atoms with Gasteiger partial charge in [0.1, 0.15) is 6.04 Å².